The van der Waals surface area contributed by atoms with Crippen LogP contribution in [-0.2, 0) is 27.5 Å². The first-order chi connectivity index (χ1) is 13.4. The van der Waals surface area contributed by atoms with Gasteiger partial charge in [0.25, 0.3) is 0 Å². The number of methoxy groups -OCH3 is 1. The second-order valence-corrected chi connectivity index (χ2v) is 7.27. The van der Waals surface area contributed by atoms with Gasteiger partial charge in [0.05, 0.1) is 30.9 Å². The van der Waals surface area contributed by atoms with E-state index in [4.69, 9.17) is 16.3 Å². The molecule has 0 saturated carbocycles. The van der Waals surface area contributed by atoms with Crippen molar-refractivity contribution in [1.29, 1.82) is 0 Å². The Bertz CT molecular complexity index is 828. The highest BCUT2D eigenvalue weighted by atomic mass is 35.5. The smallest absolute Gasteiger partial charge is 0.240 e. The monoisotopic (exact) mass is 426 g/mol. The second-order valence-electron chi connectivity index (χ2n) is 5.92. The molecule has 1 aromatic heterocycles. The summed E-state index contributed by atoms with van der Waals surface area (Å²) >= 11 is 7.24. The highest BCUT2D eigenvalue weighted by Gasteiger charge is 2.15. The van der Waals surface area contributed by atoms with E-state index in [1.165, 1.54) is 18.0 Å². The highest BCUT2D eigenvalue weighted by molar-refractivity contribution is 7.99. The van der Waals surface area contributed by atoms with Crippen LogP contribution in [-0.4, -0.2) is 52.5 Å². The summed E-state index contributed by atoms with van der Waals surface area (Å²) in [6, 6.07) is 5.29. The van der Waals surface area contributed by atoms with E-state index in [2.05, 4.69) is 15.6 Å². The summed E-state index contributed by atoms with van der Waals surface area (Å²) in [6.45, 7) is 2.42. The molecule has 0 aliphatic carbocycles. The lowest BCUT2D eigenvalue weighted by atomic mass is 10.2. The van der Waals surface area contributed by atoms with E-state index in [0.717, 1.165) is 5.56 Å². The van der Waals surface area contributed by atoms with Crippen molar-refractivity contribution in [3.63, 3.8) is 0 Å². The summed E-state index contributed by atoms with van der Waals surface area (Å²) in [5.41, 5.74) is 2.03. The number of hydrogen-bond donors (Lipinski definition) is 3. The quantitative estimate of drug-likeness (QED) is 0.395. The van der Waals surface area contributed by atoms with Crippen LogP contribution in [0.15, 0.2) is 29.6 Å². The predicted octanol–water partition coefficient (Wildman–Crippen LogP) is 1.83. The van der Waals surface area contributed by atoms with Crippen LogP contribution in [0.5, 0.6) is 0 Å². The molecule has 0 atom stereocenters. The average Bonchev–Trinajstić information content (AvgIpc) is 3.05. The van der Waals surface area contributed by atoms with Gasteiger partial charge in [-0.2, -0.15) is 0 Å². The van der Waals surface area contributed by atoms with Gasteiger partial charge in [0.1, 0.15) is 6.54 Å². The third-order valence-corrected chi connectivity index (χ3v) is 5.18. The lowest BCUT2D eigenvalue weighted by Crippen LogP contribution is -2.31. The van der Waals surface area contributed by atoms with E-state index >= 15 is 0 Å². The van der Waals surface area contributed by atoms with Gasteiger partial charge in [-0.1, -0.05) is 29.4 Å². The molecule has 0 saturated heterocycles. The zero-order valence-electron chi connectivity index (χ0n) is 15.7. The number of amides is 2. The third kappa shape index (κ3) is 6.52. The first kappa shape index (κ1) is 22.2. The number of aliphatic hydroxyl groups excluding tert-OH is 1. The van der Waals surface area contributed by atoms with E-state index < -0.39 is 0 Å². The molecule has 0 fully saturated rings. The lowest BCUT2D eigenvalue weighted by molar-refractivity contribution is -0.122. The Labute approximate surface area is 172 Å². The second kappa shape index (κ2) is 11.1. The van der Waals surface area contributed by atoms with E-state index in [0.29, 0.717) is 34.7 Å². The molecule has 8 nitrogen and oxygen atoms in total. The first-order valence-corrected chi connectivity index (χ1v) is 9.90. The third-order valence-electron chi connectivity index (χ3n) is 3.78. The highest BCUT2D eigenvalue weighted by Crippen LogP contribution is 2.22. The first-order valence-electron chi connectivity index (χ1n) is 8.54. The van der Waals surface area contributed by atoms with Crippen molar-refractivity contribution in [1.82, 2.24) is 14.9 Å². The number of ether oxygens (including phenoxy) is 1. The maximum absolute atomic E-state index is 12.2. The van der Waals surface area contributed by atoms with Crippen molar-refractivity contribution in [2.24, 2.45) is 0 Å². The fraction of sp³-hybridized carbons (Fsp3) is 0.389. The van der Waals surface area contributed by atoms with Crippen molar-refractivity contribution >= 4 is 40.9 Å². The minimum absolute atomic E-state index is 0.00285. The number of thioether (sulfide) groups is 1. The molecule has 10 heteroatoms. The number of carbonyl (C=O) groups is 2. The van der Waals surface area contributed by atoms with Crippen molar-refractivity contribution in [3.8, 4) is 0 Å². The molecule has 0 unspecified atom stereocenters. The van der Waals surface area contributed by atoms with Gasteiger partial charge < -0.3 is 25.0 Å². The Morgan fingerprint density at radius 3 is 2.82 bits per heavy atom. The lowest BCUT2D eigenvalue weighted by Gasteiger charge is -2.11. The number of aromatic nitrogens is 2. The van der Waals surface area contributed by atoms with Gasteiger partial charge in [-0.25, -0.2) is 4.98 Å². The number of halogens is 1. The number of aliphatic hydroxyl groups is 1. The molecule has 152 valence electrons. The molecule has 0 aliphatic heterocycles. The fourth-order valence-corrected chi connectivity index (χ4v) is 3.27. The number of aryl methyl sites for hydroxylation is 1. The molecule has 0 radical (unpaired) electrons. The van der Waals surface area contributed by atoms with E-state index in [1.54, 1.807) is 23.8 Å². The van der Waals surface area contributed by atoms with Crippen LogP contribution in [0.1, 0.15) is 11.3 Å². The molecular weight excluding hydrogens is 404 g/mol. The molecule has 2 aromatic rings. The molecule has 2 amide bonds. The van der Waals surface area contributed by atoms with Crippen molar-refractivity contribution in [3.05, 3.63) is 40.7 Å². The number of rotatable bonds is 10. The Hall–Kier alpha value is -2.07. The van der Waals surface area contributed by atoms with E-state index in [1.807, 2.05) is 13.0 Å². The van der Waals surface area contributed by atoms with Crippen LogP contribution < -0.4 is 10.6 Å². The maximum atomic E-state index is 12.2. The van der Waals surface area contributed by atoms with Gasteiger partial charge in [0.15, 0.2) is 5.16 Å². The van der Waals surface area contributed by atoms with Crippen LogP contribution in [0.2, 0.25) is 5.02 Å². The molecule has 0 aliphatic rings. The Kier molecular flexibility index (Phi) is 8.78. The molecular formula is C18H23ClN4O4S. The van der Waals surface area contributed by atoms with E-state index in [-0.39, 0.29) is 30.7 Å². The summed E-state index contributed by atoms with van der Waals surface area (Å²) in [5.74, 6) is -0.363. The summed E-state index contributed by atoms with van der Waals surface area (Å²) in [6.07, 6.45) is 1.49. The van der Waals surface area contributed by atoms with Gasteiger partial charge >= 0.3 is 0 Å². The molecule has 3 N–H and O–H groups in total. The Morgan fingerprint density at radius 2 is 2.14 bits per heavy atom. The zero-order chi connectivity index (χ0) is 20.5. The number of anilines is 1. The van der Waals surface area contributed by atoms with Crippen LogP contribution in [0.4, 0.5) is 5.69 Å². The van der Waals surface area contributed by atoms with Crippen molar-refractivity contribution in [2.45, 2.75) is 25.2 Å². The topological polar surface area (TPSA) is 105 Å². The maximum Gasteiger partial charge on any atom is 0.240 e. The number of imidazole rings is 1. The summed E-state index contributed by atoms with van der Waals surface area (Å²) < 4.78 is 6.48. The van der Waals surface area contributed by atoms with Gasteiger partial charge in [0, 0.05) is 24.4 Å². The average molecular weight is 427 g/mol. The number of carbonyl (C=O) groups excluding carboxylic acids is 2. The van der Waals surface area contributed by atoms with Crippen LogP contribution in [0.3, 0.4) is 0 Å². The number of nitrogens with zero attached hydrogens (tertiary/aromatic N) is 2. The minimum Gasteiger partial charge on any atom is -0.390 e. The Balaban J connectivity index is 1.95. The molecule has 28 heavy (non-hydrogen) atoms. The number of nitrogens with one attached hydrogen (secondary N) is 2. The summed E-state index contributed by atoms with van der Waals surface area (Å²) in [4.78, 5) is 28.5. The fourth-order valence-electron chi connectivity index (χ4n) is 2.29. The number of benzene rings is 1. The van der Waals surface area contributed by atoms with Gasteiger partial charge in [-0.15, -0.1) is 0 Å². The molecule has 0 bridgehead atoms. The molecule has 2 rings (SSSR count). The van der Waals surface area contributed by atoms with Crippen molar-refractivity contribution in [2.75, 3.05) is 31.3 Å². The van der Waals surface area contributed by atoms with E-state index in [9.17, 15) is 14.7 Å². The van der Waals surface area contributed by atoms with Crippen LogP contribution >= 0.6 is 23.4 Å². The summed E-state index contributed by atoms with van der Waals surface area (Å²) in [7, 11) is 1.55. The summed E-state index contributed by atoms with van der Waals surface area (Å²) in [5, 5.41) is 16.0. The molecule has 1 heterocycles. The standard InChI is InChI=1S/C18H23ClN4O4S/c1-12-3-4-13(7-15(12)19)22-17(26)11-28-18-21-8-14(10-24)23(18)9-16(25)20-5-6-27-2/h3-4,7-8,24H,5-6,9-11H2,1-2H3,(H,20,25)(H,22,26). The Morgan fingerprint density at radius 1 is 1.36 bits per heavy atom. The normalized spacial score (nSPS) is 10.7. The minimum atomic E-state index is -0.257. The largest absolute Gasteiger partial charge is 0.390 e. The van der Waals surface area contributed by atoms with Crippen LogP contribution in [0.25, 0.3) is 0 Å². The molecule has 0 spiro atoms. The van der Waals surface area contributed by atoms with Crippen molar-refractivity contribution < 1.29 is 19.4 Å². The molecule has 1 aromatic carbocycles. The van der Waals surface area contributed by atoms with Crippen LogP contribution in [0, 0.1) is 6.92 Å². The zero-order valence-corrected chi connectivity index (χ0v) is 17.3. The SMILES string of the molecule is COCCNC(=O)Cn1c(CO)cnc1SCC(=O)Nc1ccc(C)c(Cl)c1. The number of hydrogen-bond acceptors (Lipinski definition) is 6. The van der Waals surface area contributed by atoms with Gasteiger partial charge in [-0.3, -0.25) is 9.59 Å². The van der Waals surface area contributed by atoms with Gasteiger partial charge in [0.2, 0.25) is 11.8 Å². The predicted molar refractivity (Wildman–Crippen MR) is 109 cm³/mol. The van der Waals surface area contributed by atoms with Gasteiger partial charge in [-0.05, 0) is 24.6 Å².